The third kappa shape index (κ3) is 2.88. The SMILES string of the molecule is C[C@@H]1CN(Cc2csc(-c3ccco3)n2)[C@@H](C)CO1. The normalized spacial score (nSPS) is 24.7. The fraction of sp³-hybridized carbons (Fsp3) is 0.500. The van der Waals surface area contributed by atoms with E-state index in [1.807, 2.05) is 12.1 Å². The van der Waals surface area contributed by atoms with Crippen LogP contribution in [0.3, 0.4) is 0 Å². The van der Waals surface area contributed by atoms with E-state index in [2.05, 4.69) is 29.1 Å². The monoisotopic (exact) mass is 278 g/mol. The molecule has 0 saturated carbocycles. The Morgan fingerprint density at radius 3 is 3.16 bits per heavy atom. The number of hydrogen-bond acceptors (Lipinski definition) is 5. The predicted octanol–water partition coefficient (Wildman–Crippen LogP) is 3.01. The van der Waals surface area contributed by atoms with Crippen LogP contribution in [0.2, 0.25) is 0 Å². The van der Waals surface area contributed by atoms with E-state index >= 15 is 0 Å². The molecule has 102 valence electrons. The number of aromatic nitrogens is 1. The molecule has 0 N–H and O–H groups in total. The molecular formula is C14H18N2O2S. The average molecular weight is 278 g/mol. The Bertz CT molecular complexity index is 523. The van der Waals surface area contributed by atoms with Crippen molar-refractivity contribution in [2.75, 3.05) is 13.2 Å². The van der Waals surface area contributed by atoms with Gasteiger partial charge in [0.2, 0.25) is 0 Å². The summed E-state index contributed by atoms with van der Waals surface area (Å²) in [7, 11) is 0. The minimum atomic E-state index is 0.305. The fourth-order valence-electron chi connectivity index (χ4n) is 2.29. The first kappa shape index (κ1) is 12.8. The maximum atomic E-state index is 5.65. The molecule has 0 aromatic carbocycles. The van der Waals surface area contributed by atoms with Crippen molar-refractivity contribution >= 4 is 11.3 Å². The number of morpholine rings is 1. The number of thiazole rings is 1. The summed E-state index contributed by atoms with van der Waals surface area (Å²) < 4.78 is 11.0. The van der Waals surface area contributed by atoms with Gasteiger partial charge in [-0.05, 0) is 26.0 Å². The van der Waals surface area contributed by atoms with Crippen molar-refractivity contribution in [3.8, 4) is 10.8 Å². The van der Waals surface area contributed by atoms with Crippen molar-refractivity contribution in [1.82, 2.24) is 9.88 Å². The Labute approximate surface area is 117 Å². The summed E-state index contributed by atoms with van der Waals surface area (Å²) in [5, 5.41) is 3.07. The molecule has 0 unspecified atom stereocenters. The molecule has 0 radical (unpaired) electrons. The first-order valence-electron chi connectivity index (χ1n) is 6.56. The van der Waals surface area contributed by atoms with Crippen LogP contribution < -0.4 is 0 Å². The van der Waals surface area contributed by atoms with E-state index in [9.17, 15) is 0 Å². The van der Waals surface area contributed by atoms with Gasteiger partial charge >= 0.3 is 0 Å². The van der Waals surface area contributed by atoms with Crippen LogP contribution in [0.15, 0.2) is 28.2 Å². The van der Waals surface area contributed by atoms with Crippen molar-refractivity contribution < 1.29 is 9.15 Å². The number of hydrogen-bond donors (Lipinski definition) is 0. The fourth-order valence-corrected chi connectivity index (χ4v) is 3.07. The van der Waals surface area contributed by atoms with Gasteiger partial charge in [-0.15, -0.1) is 11.3 Å². The van der Waals surface area contributed by atoms with Gasteiger partial charge < -0.3 is 9.15 Å². The number of furan rings is 1. The molecule has 1 fully saturated rings. The lowest BCUT2D eigenvalue weighted by molar-refractivity contribution is -0.0530. The van der Waals surface area contributed by atoms with Crippen molar-refractivity contribution in [3.63, 3.8) is 0 Å². The minimum Gasteiger partial charge on any atom is -0.462 e. The molecule has 19 heavy (non-hydrogen) atoms. The molecule has 5 heteroatoms. The highest BCUT2D eigenvalue weighted by atomic mass is 32.1. The number of rotatable bonds is 3. The average Bonchev–Trinajstić information content (AvgIpc) is 3.04. The third-order valence-electron chi connectivity index (χ3n) is 3.39. The Hall–Kier alpha value is -1.17. The smallest absolute Gasteiger partial charge is 0.162 e. The molecule has 4 nitrogen and oxygen atoms in total. The lowest BCUT2D eigenvalue weighted by Gasteiger charge is -2.36. The number of ether oxygens (including phenoxy) is 1. The Balaban J connectivity index is 1.70. The molecule has 0 bridgehead atoms. The topological polar surface area (TPSA) is 38.5 Å². The highest BCUT2D eigenvalue weighted by Crippen LogP contribution is 2.25. The van der Waals surface area contributed by atoms with Gasteiger partial charge in [0, 0.05) is 24.5 Å². The molecule has 2 aromatic rings. The zero-order valence-electron chi connectivity index (χ0n) is 11.2. The molecule has 2 aromatic heterocycles. The quantitative estimate of drug-likeness (QED) is 0.865. The third-order valence-corrected chi connectivity index (χ3v) is 4.29. The van der Waals surface area contributed by atoms with Gasteiger partial charge in [0.25, 0.3) is 0 Å². The summed E-state index contributed by atoms with van der Waals surface area (Å²) in [5.74, 6) is 0.847. The Morgan fingerprint density at radius 1 is 1.47 bits per heavy atom. The largest absolute Gasteiger partial charge is 0.462 e. The summed E-state index contributed by atoms with van der Waals surface area (Å²) in [6.07, 6.45) is 1.99. The lowest BCUT2D eigenvalue weighted by atomic mass is 10.2. The molecule has 1 aliphatic heterocycles. The van der Waals surface area contributed by atoms with Gasteiger partial charge in [-0.2, -0.15) is 0 Å². The lowest BCUT2D eigenvalue weighted by Crippen LogP contribution is -2.46. The van der Waals surface area contributed by atoms with Gasteiger partial charge in [0.1, 0.15) is 0 Å². The minimum absolute atomic E-state index is 0.305. The van der Waals surface area contributed by atoms with E-state index in [1.54, 1.807) is 17.6 Å². The second-order valence-electron chi connectivity index (χ2n) is 5.04. The molecular weight excluding hydrogens is 260 g/mol. The van der Waals surface area contributed by atoms with Gasteiger partial charge in [-0.1, -0.05) is 0 Å². The second-order valence-corrected chi connectivity index (χ2v) is 5.90. The van der Waals surface area contributed by atoms with E-state index in [0.29, 0.717) is 12.1 Å². The van der Waals surface area contributed by atoms with E-state index in [0.717, 1.165) is 36.2 Å². The maximum Gasteiger partial charge on any atom is 0.162 e. The zero-order chi connectivity index (χ0) is 13.2. The highest BCUT2D eigenvalue weighted by Gasteiger charge is 2.24. The molecule has 0 aliphatic carbocycles. The summed E-state index contributed by atoms with van der Waals surface area (Å²) in [5.41, 5.74) is 1.11. The van der Waals surface area contributed by atoms with Crippen LogP contribution in [0.1, 0.15) is 19.5 Å². The van der Waals surface area contributed by atoms with Crippen molar-refractivity contribution in [2.24, 2.45) is 0 Å². The van der Waals surface area contributed by atoms with E-state index < -0.39 is 0 Å². The molecule has 3 rings (SSSR count). The van der Waals surface area contributed by atoms with Crippen molar-refractivity contribution in [1.29, 1.82) is 0 Å². The Morgan fingerprint density at radius 2 is 2.37 bits per heavy atom. The van der Waals surface area contributed by atoms with Crippen LogP contribution >= 0.6 is 11.3 Å². The standard InChI is InChI=1S/C14H18N2O2S/c1-10-8-18-11(2)6-16(10)7-12-9-19-14(15-12)13-4-3-5-17-13/h3-5,9-11H,6-8H2,1-2H3/t10-,11+/m0/s1. The van der Waals surface area contributed by atoms with Crippen LogP contribution in [-0.2, 0) is 11.3 Å². The zero-order valence-corrected chi connectivity index (χ0v) is 12.0. The summed E-state index contributed by atoms with van der Waals surface area (Å²) >= 11 is 1.64. The van der Waals surface area contributed by atoms with E-state index in [1.165, 1.54) is 0 Å². The molecule has 0 spiro atoms. The van der Waals surface area contributed by atoms with Crippen LogP contribution in [-0.4, -0.2) is 35.2 Å². The molecule has 3 heterocycles. The van der Waals surface area contributed by atoms with Crippen LogP contribution in [0.4, 0.5) is 0 Å². The van der Waals surface area contributed by atoms with Crippen molar-refractivity contribution in [2.45, 2.75) is 32.5 Å². The van der Waals surface area contributed by atoms with Crippen molar-refractivity contribution in [3.05, 3.63) is 29.5 Å². The van der Waals surface area contributed by atoms with Crippen LogP contribution in [0, 0.1) is 0 Å². The summed E-state index contributed by atoms with van der Waals surface area (Å²) in [4.78, 5) is 7.07. The Kier molecular flexibility index (Phi) is 3.68. The second kappa shape index (κ2) is 5.45. The van der Waals surface area contributed by atoms with Gasteiger partial charge in [-0.25, -0.2) is 4.98 Å². The van der Waals surface area contributed by atoms with Gasteiger partial charge in [-0.3, -0.25) is 4.90 Å². The summed E-state index contributed by atoms with van der Waals surface area (Å²) in [6, 6.07) is 4.29. The van der Waals surface area contributed by atoms with E-state index in [-0.39, 0.29) is 0 Å². The molecule has 0 amide bonds. The molecule has 1 saturated heterocycles. The first-order valence-corrected chi connectivity index (χ1v) is 7.44. The molecule has 2 atom stereocenters. The highest BCUT2D eigenvalue weighted by molar-refractivity contribution is 7.13. The van der Waals surface area contributed by atoms with E-state index in [4.69, 9.17) is 9.15 Å². The summed E-state index contributed by atoms with van der Waals surface area (Å²) in [6.45, 7) is 6.97. The molecule has 1 aliphatic rings. The van der Waals surface area contributed by atoms with Crippen LogP contribution in [0.25, 0.3) is 10.8 Å². The van der Waals surface area contributed by atoms with Gasteiger partial charge in [0.05, 0.1) is 24.7 Å². The maximum absolute atomic E-state index is 5.65. The predicted molar refractivity (Wildman–Crippen MR) is 75.1 cm³/mol. The first-order chi connectivity index (χ1) is 9.22. The number of nitrogens with zero attached hydrogens (tertiary/aromatic N) is 2. The van der Waals surface area contributed by atoms with Crippen LogP contribution in [0.5, 0.6) is 0 Å². The van der Waals surface area contributed by atoms with Gasteiger partial charge in [0.15, 0.2) is 10.8 Å².